The van der Waals surface area contributed by atoms with Gasteiger partial charge in [0.1, 0.15) is 5.56 Å². The number of rotatable bonds is 3. The van der Waals surface area contributed by atoms with Gasteiger partial charge in [0, 0.05) is 5.56 Å². The highest BCUT2D eigenvalue weighted by Crippen LogP contribution is 2.47. The van der Waals surface area contributed by atoms with E-state index in [2.05, 4.69) is 4.98 Å². The molecule has 16 heavy (non-hydrogen) atoms. The van der Waals surface area contributed by atoms with Gasteiger partial charge in [-0.25, -0.2) is 4.79 Å². The van der Waals surface area contributed by atoms with Gasteiger partial charge in [0.05, 0.1) is 0 Å². The Hall–Kier alpha value is -1.78. The molecule has 5 heteroatoms. The molecule has 0 bridgehead atoms. The fourth-order valence-corrected chi connectivity index (χ4v) is 2.01. The summed E-state index contributed by atoms with van der Waals surface area (Å²) in [5, 5.41) is 28.1. The Morgan fingerprint density at radius 1 is 1.38 bits per heavy atom. The number of aromatic nitrogens is 1. The molecular formula is C11H13NO4. The van der Waals surface area contributed by atoms with Gasteiger partial charge in [-0.2, -0.15) is 4.98 Å². The van der Waals surface area contributed by atoms with Gasteiger partial charge in [0.25, 0.3) is 0 Å². The highest BCUT2D eigenvalue weighted by Gasteiger charge is 2.33. The van der Waals surface area contributed by atoms with Crippen molar-refractivity contribution in [2.45, 2.75) is 32.1 Å². The molecular weight excluding hydrogens is 210 g/mol. The molecule has 1 aromatic heterocycles. The number of carboxylic acids is 1. The minimum Gasteiger partial charge on any atom is -0.493 e. The summed E-state index contributed by atoms with van der Waals surface area (Å²) in [5.41, 5.74) is 0.917. The lowest BCUT2D eigenvalue weighted by Crippen LogP contribution is -2.07. The van der Waals surface area contributed by atoms with Crippen molar-refractivity contribution in [3.63, 3.8) is 0 Å². The van der Waals surface area contributed by atoms with Crippen LogP contribution < -0.4 is 0 Å². The highest BCUT2D eigenvalue weighted by molar-refractivity contribution is 5.92. The van der Waals surface area contributed by atoms with Crippen LogP contribution in [0.1, 0.15) is 47.2 Å². The smallest absolute Gasteiger partial charge is 0.341 e. The molecule has 0 atom stereocenters. The molecule has 0 aliphatic heterocycles. The van der Waals surface area contributed by atoms with Gasteiger partial charge in [-0.3, -0.25) is 0 Å². The maximum atomic E-state index is 11.0. The third-order valence-corrected chi connectivity index (χ3v) is 2.86. The van der Waals surface area contributed by atoms with Crippen LogP contribution >= 0.6 is 0 Å². The SMILES string of the molecule is CCc1c(C(=O)O)c(O)nc(O)c1C1CC1. The summed E-state index contributed by atoms with van der Waals surface area (Å²) >= 11 is 0. The molecule has 86 valence electrons. The van der Waals surface area contributed by atoms with Crippen LogP contribution in [-0.4, -0.2) is 26.3 Å². The normalized spacial score (nSPS) is 15.1. The van der Waals surface area contributed by atoms with Crippen molar-refractivity contribution in [2.24, 2.45) is 0 Å². The summed E-state index contributed by atoms with van der Waals surface area (Å²) in [7, 11) is 0. The van der Waals surface area contributed by atoms with E-state index < -0.39 is 11.8 Å². The maximum Gasteiger partial charge on any atom is 0.341 e. The lowest BCUT2D eigenvalue weighted by molar-refractivity contribution is 0.0691. The zero-order valence-electron chi connectivity index (χ0n) is 8.90. The molecule has 0 amide bonds. The lowest BCUT2D eigenvalue weighted by Gasteiger charge is -2.12. The van der Waals surface area contributed by atoms with Gasteiger partial charge in [0.2, 0.25) is 11.8 Å². The molecule has 1 aliphatic carbocycles. The van der Waals surface area contributed by atoms with E-state index >= 15 is 0 Å². The first-order chi connectivity index (χ1) is 7.56. The lowest BCUT2D eigenvalue weighted by atomic mass is 9.97. The van der Waals surface area contributed by atoms with Crippen molar-refractivity contribution in [1.82, 2.24) is 4.98 Å². The summed E-state index contributed by atoms with van der Waals surface area (Å²) in [6, 6.07) is 0. The molecule has 1 saturated carbocycles. The first-order valence-corrected chi connectivity index (χ1v) is 5.24. The van der Waals surface area contributed by atoms with Crippen molar-refractivity contribution in [2.75, 3.05) is 0 Å². The molecule has 1 aromatic rings. The molecule has 0 saturated heterocycles. The van der Waals surface area contributed by atoms with Crippen molar-refractivity contribution >= 4 is 5.97 Å². The molecule has 0 unspecified atom stereocenters. The molecule has 0 spiro atoms. The summed E-state index contributed by atoms with van der Waals surface area (Å²) in [6.07, 6.45) is 2.33. The second-order valence-corrected chi connectivity index (χ2v) is 3.96. The summed E-state index contributed by atoms with van der Waals surface area (Å²) in [5.74, 6) is -1.85. The van der Waals surface area contributed by atoms with Crippen LogP contribution in [0.15, 0.2) is 0 Å². The molecule has 1 fully saturated rings. The van der Waals surface area contributed by atoms with Crippen LogP contribution in [0.25, 0.3) is 0 Å². The minimum absolute atomic E-state index is 0.179. The number of carboxylic acid groups (broad SMARTS) is 1. The van der Waals surface area contributed by atoms with Gasteiger partial charge in [-0.15, -0.1) is 0 Å². The maximum absolute atomic E-state index is 11.0. The van der Waals surface area contributed by atoms with E-state index in [4.69, 9.17) is 5.11 Å². The van der Waals surface area contributed by atoms with Crippen molar-refractivity contribution < 1.29 is 20.1 Å². The van der Waals surface area contributed by atoms with Crippen molar-refractivity contribution in [3.05, 3.63) is 16.7 Å². The fraction of sp³-hybridized carbons (Fsp3) is 0.455. The van der Waals surface area contributed by atoms with E-state index in [0.717, 1.165) is 12.8 Å². The number of aromatic hydroxyl groups is 2. The van der Waals surface area contributed by atoms with E-state index in [1.54, 1.807) is 6.92 Å². The average Bonchev–Trinajstić information content (AvgIpc) is 2.99. The molecule has 0 aromatic carbocycles. The molecule has 1 heterocycles. The predicted octanol–water partition coefficient (Wildman–Crippen LogP) is 1.63. The largest absolute Gasteiger partial charge is 0.493 e. The van der Waals surface area contributed by atoms with Crippen LogP contribution in [0, 0.1) is 0 Å². The van der Waals surface area contributed by atoms with Crippen LogP contribution in [0.2, 0.25) is 0 Å². The Morgan fingerprint density at radius 3 is 2.44 bits per heavy atom. The molecule has 2 rings (SSSR count). The van der Waals surface area contributed by atoms with Crippen LogP contribution in [0.4, 0.5) is 0 Å². The Morgan fingerprint density at radius 2 is 2.00 bits per heavy atom. The number of nitrogens with zero attached hydrogens (tertiary/aromatic N) is 1. The van der Waals surface area contributed by atoms with Crippen LogP contribution in [0.3, 0.4) is 0 Å². The predicted molar refractivity (Wildman–Crippen MR) is 55.9 cm³/mol. The summed E-state index contributed by atoms with van der Waals surface area (Å²) < 4.78 is 0. The molecule has 3 N–H and O–H groups in total. The number of aromatic carboxylic acids is 1. The van der Waals surface area contributed by atoms with E-state index in [0.29, 0.717) is 17.5 Å². The van der Waals surface area contributed by atoms with Gasteiger partial charge in [0.15, 0.2) is 0 Å². The van der Waals surface area contributed by atoms with E-state index in [1.807, 2.05) is 0 Å². The van der Waals surface area contributed by atoms with Crippen LogP contribution in [-0.2, 0) is 6.42 Å². The van der Waals surface area contributed by atoms with Crippen molar-refractivity contribution in [1.29, 1.82) is 0 Å². The minimum atomic E-state index is -1.20. The van der Waals surface area contributed by atoms with Gasteiger partial charge >= 0.3 is 5.97 Å². The van der Waals surface area contributed by atoms with Gasteiger partial charge in [-0.05, 0) is 30.7 Å². The fourth-order valence-electron chi connectivity index (χ4n) is 2.01. The Balaban J connectivity index is 2.68. The Labute approximate surface area is 92.4 Å². The first-order valence-electron chi connectivity index (χ1n) is 5.24. The van der Waals surface area contributed by atoms with Crippen molar-refractivity contribution in [3.8, 4) is 11.8 Å². The van der Waals surface area contributed by atoms with Crippen LogP contribution in [0.5, 0.6) is 11.8 Å². The van der Waals surface area contributed by atoms with E-state index in [1.165, 1.54) is 0 Å². The molecule has 5 nitrogen and oxygen atoms in total. The molecule has 0 radical (unpaired) electrons. The highest BCUT2D eigenvalue weighted by atomic mass is 16.4. The first kappa shape index (κ1) is 10.7. The second-order valence-electron chi connectivity index (χ2n) is 3.96. The zero-order chi connectivity index (χ0) is 11.9. The van der Waals surface area contributed by atoms with Gasteiger partial charge in [-0.1, -0.05) is 6.92 Å². The number of pyridine rings is 1. The Bertz CT molecular complexity index is 452. The van der Waals surface area contributed by atoms with Gasteiger partial charge < -0.3 is 15.3 Å². The number of hydrogen-bond acceptors (Lipinski definition) is 4. The van der Waals surface area contributed by atoms with E-state index in [-0.39, 0.29) is 17.4 Å². The zero-order valence-corrected chi connectivity index (χ0v) is 8.90. The molecule has 1 aliphatic rings. The number of carbonyl (C=O) groups is 1. The third-order valence-electron chi connectivity index (χ3n) is 2.86. The monoisotopic (exact) mass is 223 g/mol. The van der Waals surface area contributed by atoms with E-state index in [9.17, 15) is 15.0 Å². The number of hydrogen-bond donors (Lipinski definition) is 3. The third kappa shape index (κ3) is 1.58. The topological polar surface area (TPSA) is 90.7 Å². The quantitative estimate of drug-likeness (QED) is 0.724. The average molecular weight is 223 g/mol. The summed E-state index contributed by atoms with van der Waals surface area (Å²) in [4.78, 5) is 14.5. The summed E-state index contributed by atoms with van der Waals surface area (Å²) in [6.45, 7) is 1.80. The standard InChI is InChI=1S/C11H13NO4/c1-2-6-7(5-3-4-5)9(13)12-10(14)8(6)11(15)16/h5H,2-4H2,1H3,(H,15,16)(H2,12,13,14). The Kier molecular flexibility index (Phi) is 2.46. The second kappa shape index (κ2) is 3.66.